The van der Waals surface area contributed by atoms with E-state index in [1.165, 1.54) is 23.4 Å². The molecule has 0 saturated carbocycles. The Morgan fingerprint density at radius 3 is 3.00 bits per heavy atom. The second-order valence-corrected chi connectivity index (χ2v) is 8.85. The number of hydrogen-bond donors (Lipinski definition) is 1. The molecule has 1 N–H and O–H groups in total. The lowest BCUT2D eigenvalue weighted by Gasteiger charge is -2.41. The Morgan fingerprint density at radius 1 is 1.14 bits per heavy atom. The van der Waals surface area contributed by atoms with Crippen LogP contribution in [-0.4, -0.2) is 55.7 Å². The number of aromatic amines is 1. The van der Waals surface area contributed by atoms with Gasteiger partial charge in [0.25, 0.3) is 0 Å². The molecule has 0 bridgehead atoms. The molecule has 0 amide bonds. The van der Waals surface area contributed by atoms with E-state index in [1.54, 1.807) is 17.7 Å². The van der Waals surface area contributed by atoms with Crippen molar-refractivity contribution in [3.8, 4) is 0 Å². The Balaban J connectivity index is 1.21. The standard InChI is InChI=1S/C24H27FN4/c1-27-11-12-29-22-8-10-28(15-20(22)19-3-2-4-23(27)24(19)29)9-7-16-14-26-21-13-17(25)5-6-18(16)21/h2-6,13-14,20,22,26H,7-12,15H2,1H3. The number of nitrogens with zero attached hydrogens (tertiary/aromatic N) is 3. The van der Waals surface area contributed by atoms with Crippen molar-refractivity contribution < 1.29 is 4.39 Å². The lowest BCUT2D eigenvalue weighted by molar-refractivity contribution is 0.195. The van der Waals surface area contributed by atoms with Gasteiger partial charge in [-0.25, -0.2) is 4.39 Å². The number of likely N-dealkylation sites (N-methyl/N-ethyl adjacent to an activating group) is 1. The van der Waals surface area contributed by atoms with E-state index in [2.05, 4.69) is 44.9 Å². The summed E-state index contributed by atoms with van der Waals surface area (Å²) in [5.74, 6) is 0.432. The number of anilines is 2. The van der Waals surface area contributed by atoms with Crippen molar-refractivity contribution in [1.29, 1.82) is 0 Å². The van der Waals surface area contributed by atoms with Gasteiger partial charge in [0.15, 0.2) is 0 Å². The third kappa shape index (κ3) is 2.67. The second kappa shape index (κ2) is 6.49. The molecule has 0 aliphatic carbocycles. The fourth-order valence-electron chi connectivity index (χ4n) is 5.82. The van der Waals surface area contributed by atoms with E-state index in [0.29, 0.717) is 12.0 Å². The number of piperidine rings is 1. The highest BCUT2D eigenvalue weighted by atomic mass is 19.1. The zero-order valence-electron chi connectivity index (χ0n) is 16.9. The lowest BCUT2D eigenvalue weighted by atomic mass is 9.89. The van der Waals surface area contributed by atoms with E-state index in [9.17, 15) is 4.39 Å². The van der Waals surface area contributed by atoms with Crippen molar-refractivity contribution in [2.45, 2.75) is 24.8 Å². The number of rotatable bonds is 3. The van der Waals surface area contributed by atoms with Gasteiger partial charge in [0.2, 0.25) is 0 Å². The minimum atomic E-state index is -0.181. The third-order valence-electron chi connectivity index (χ3n) is 7.31. The Labute approximate surface area is 170 Å². The molecule has 1 aromatic heterocycles. The lowest BCUT2D eigenvalue weighted by Crippen LogP contribution is -2.49. The van der Waals surface area contributed by atoms with Crippen molar-refractivity contribution in [3.05, 3.63) is 59.5 Å². The molecule has 3 aliphatic rings. The van der Waals surface area contributed by atoms with Gasteiger partial charge < -0.3 is 19.7 Å². The van der Waals surface area contributed by atoms with Crippen LogP contribution in [0.1, 0.15) is 23.5 Å². The normalized spacial score (nSPS) is 23.5. The van der Waals surface area contributed by atoms with E-state index in [-0.39, 0.29) is 5.82 Å². The van der Waals surface area contributed by atoms with Crippen molar-refractivity contribution in [1.82, 2.24) is 9.88 Å². The molecule has 29 heavy (non-hydrogen) atoms. The molecular formula is C24H27FN4. The molecule has 4 heterocycles. The van der Waals surface area contributed by atoms with Crippen LogP contribution >= 0.6 is 0 Å². The van der Waals surface area contributed by atoms with E-state index in [4.69, 9.17) is 0 Å². The minimum absolute atomic E-state index is 0.181. The van der Waals surface area contributed by atoms with E-state index < -0.39 is 0 Å². The van der Waals surface area contributed by atoms with Crippen LogP contribution in [0.2, 0.25) is 0 Å². The van der Waals surface area contributed by atoms with Gasteiger partial charge in [-0.2, -0.15) is 0 Å². The predicted octanol–water partition coefficient (Wildman–Crippen LogP) is 3.98. The zero-order valence-corrected chi connectivity index (χ0v) is 16.9. The molecule has 0 radical (unpaired) electrons. The Kier molecular flexibility index (Phi) is 3.88. The molecule has 0 spiro atoms. The van der Waals surface area contributed by atoms with Crippen LogP contribution in [0.25, 0.3) is 10.9 Å². The molecule has 150 valence electrons. The quantitative estimate of drug-likeness (QED) is 0.733. The average molecular weight is 391 g/mol. The second-order valence-electron chi connectivity index (χ2n) is 8.85. The van der Waals surface area contributed by atoms with Gasteiger partial charge in [-0.3, -0.25) is 0 Å². The molecule has 4 nitrogen and oxygen atoms in total. The summed E-state index contributed by atoms with van der Waals surface area (Å²) in [4.78, 5) is 11.0. The fraction of sp³-hybridized carbons (Fsp3) is 0.417. The van der Waals surface area contributed by atoms with Crippen molar-refractivity contribution in [2.75, 3.05) is 49.6 Å². The molecule has 5 heteroatoms. The van der Waals surface area contributed by atoms with Gasteiger partial charge in [-0.05, 0) is 48.2 Å². The monoisotopic (exact) mass is 390 g/mol. The van der Waals surface area contributed by atoms with Crippen molar-refractivity contribution in [3.63, 3.8) is 0 Å². The van der Waals surface area contributed by atoms with E-state index in [1.807, 2.05) is 12.3 Å². The molecule has 1 fully saturated rings. The highest BCUT2D eigenvalue weighted by Crippen LogP contribution is 2.50. The van der Waals surface area contributed by atoms with Gasteiger partial charge in [-0.1, -0.05) is 12.1 Å². The molecular weight excluding hydrogens is 363 g/mol. The zero-order chi connectivity index (χ0) is 19.5. The summed E-state index contributed by atoms with van der Waals surface area (Å²) in [6.07, 6.45) is 4.29. The smallest absolute Gasteiger partial charge is 0.125 e. The number of halogens is 1. The first kappa shape index (κ1) is 17.3. The fourth-order valence-corrected chi connectivity index (χ4v) is 5.82. The average Bonchev–Trinajstić information content (AvgIpc) is 3.28. The Hall–Kier alpha value is -2.53. The van der Waals surface area contributed by atoms with Gasteiger partial charge in [0.1, 0.15) is 5.82 Å². The number of aromatic nitrogens is 1. The van der Waals surface area contributed by atoms with Gasteiger partial charge >= 0.3 is 0 Å². The first-order valence-electron chi connectivity index (χ1n) is 10.8. The van der Waals surface area contributed by atoms with Gasteiger partial charge in [-0.15, -0.1) is 0 Å². The van der Waals surface area contributed by atoms with Crippen LogP contribution in [0.3, 0.4) is 0 Å². The minimum Gasteiger partial charge on any atom is -0.371 e. The van der Waals surface area contributed by atoms with E-state index >= 15 is 0 Å². The van der Waals surface area contributed by atoms with Gasteiger partial charge in [0, 0.05) is 68.8 Å². The summed E-state index contributed by atoms with van der Waals surface area (Å²) in [6, 6.07) is 12.6. The third-order valence-corrected chi connectivity index (χ3v) is 7.31. The van der Waals surface area contributed by atoms with Gasteiger partial charge in [0.05, 0.1) is 11.4 Å². The highest BCUT2D eigenvalue weighted by molar-refractivity contribution is 5.83. The summed E-state index contributed by atoms with van der Waals surface area (Å²) in [5, 5.41) is 1.15. The van der Waals surface area contributed by atoms with Crippen LogP contribution < -0.4 is 9.80 Å². The molecule has 2 atom stereocenters. The van der Waals surface area contributed by atoms with Crippen LogP contribution in [0, 0.1) is 5.82 Å². The number of H-pyrrole nitrogens is 1. The first-order valence-corrected chi connectivity index (χ1v) is 10.8. The number of hydrogen-bond acceptors (Lipinski definition) is 3. The molecule has 6 rings (SSSR count). The number of benzene rings is 2. The Bertz CT molecular complexity index is 1070. The SMILES string of the molecule is CN1CCN2c3c(cccc31)C1CN(CCc3c[nH]c4cc(F)ccc34)CCC12. The summed E-state index contributed by atoms with van der Waals surface area (Å²) < 4.78 is 13.5. The summed E-state index contributed by atoms with van der Waals surface area (Å²) >= 11 is 0. The van der Waals surface area contributed by atoms with Crippen molar-refractivity contribution >= 4 is 22.3 Å². The highest BCUT2D eigenvalue weighted by Gasteiger charge is 2.44. The van der Waals surface area contributed by atoms with Crippen LogP contribution in [0.4, 0.5) is 15.8 Å². The maximum absolute atomic E-state index is 13.5. The number of fused-ring (bicyclic) bond motifs is 4. The largest absolute Gasteiger partial charge is 0.371 e. The molecule has 3 aromatic rings. The summed E-state index contributed by atoms with van der Waals surface area (Å²) in [6.45, 7) is 5.62. The Morgan fingerprint density at radius 2 is 2.07 bits per heavy atom. The first-order chi connectivity index (χ1) is 14.2. The molecule has 2 aromatic carbocycles. The van der Waals surface area contributed by atoms with Crippen LogP contribution in [-0.2, 0) is 6.42 Å². The maximum atomic E-state index is 13.5. The van der Waals surface area contributed by atoms with Crippen molar-refractivity contribution in [2.24, 2.45) is 0 Å². The molecule has 3 aliphatic heterocycles. The maximum Gasteiger partial charge on any atom is 0.125 e. The predicted molar refractivity (Wildman–Crippen MR) is 117 cm³/mol. The number of likely N-dealkylation sites (tertiary alicyclic amines) is 1. The molecule has 1 saturated heterocycles. The van der Waals surface area contributed by atoms with E-state index in [0.717, 1.165) is 50.0 Å². The topological polar surface area (TPSA) is 25.5 Å². The molecule has 2 unspecified atom stereocenters. The van der Waals surface area contributed by atoms with Crippen LogP contribution in [0.15, 0.2) is 42.6 Å². The summed E-state index contributed by atoms with van der Waals surface area (Å²) in [5.41, 5.74) is 6.63. The number of para-hydroxylation sites is 1. The number of nitrogens with one attached hydrogen (secondary N) is 1. The summed E-state index contributed by atoms with van der Waals surface area (Å²) in [7, 11) is 2.22. The van der Waals surface area contributed by atoms with Crippen LogP contribution in [0.5, 0.6) is 0 Å².